The summed E-state index contributed by atoms with van der Waals surface area (Å²) >= 11 is 0. The third kappa shape index (κ3) is 2.16. The van der Waals surface area contributed by atoms with Gasteiger partial charge in [-0.2, -0.15) is 27.1 Å². The molecule has 0 unspecified atom stereocenters. The molecule has 1 aromatic heterocycles. The Labute approximate surface area is 98.0 Å². The summed E-state index contributed by atoms with van der Waals surface area (Å²) in [7, 11) is 0. The van der Waals surface area contributed by atoms with E-state index in [1.54, 1.807) is 0 Å². The Morgan fingerprint density at radius 3 is 2.17 bits per heavy atom. The number of rotatable bonds is 3. The number of alkyl halides is 5. The summed E-state index contributed by atoms with van der Waals surface area (Å²) in [4.78, 5) is 10.7. The molecule has 0 aliphatic heterocycles. The first kappa shape index (κ1) is 14.4. The van der Waals surface area contributed by atoms with Crippen molar-refractivity contribution in [1.82, 2.24) is 9.78 Å². The Hall–Kier alpha value is -1.67. The highest BCUT2D eigenvalue weighted by molar-refractivity contribution is 5.89. The molecule has 4 nitrogen and oxygen atoms in total. The van der Waals surface area contributed by atoms with Crippen LogP contribution in [0.4, 0.5) is 22.0 Å². The van der Waals surface area contributed by atoms with Crippen LogP contribution >= 0.6 is 0 Å². The molecule has 1 aromatic rings. The zero-order chi connectivity index (χ0) is 14.3. The fraction of sp³-hybridized carbons (Fsp3) is 0.556. The van der Waals surface area contributed by atoms with Crippen molar-refractivity contribution >= 4 is 5.97 Å². The van der Waals surface area contributed by atoms with Crippen LogP contribution in [0.3, 0.4) is 0 Å². The van der Waals surface area contributed by atoms with Crippen molar-refractivity contribution in [3.63, 3.8) is 0 Å². The molecule has 1 N–H and O–H groups in total. The number of carbonyl (C=O) groups is 1. The lowest BCUT2D eigenvalue weighted by Crippen LogP contribution is -2.37. The van der Waals surface area contributed by atoms with E-state index in [0.29, 0.717) is 10.9 Å². The summed E-state index contributed by atoms with van der Waals surface area (Å²) in [6.07, 6.45) is -5.40. The molecule has 102 valence electrons. The molecule has 0 saturated carbocycles. The third-order valence-corrected chi connectivity index (χ3v) is 2.17. The van der Waals surface area contributed by atoms with Crippen LogP contribution < -0.4 is 0 Å². The van der Waals surface area contributed by atoms with Gasteiger partial charge in [0.2, 0.25) is 0 Å². The number of carboxylic acid groups (broad SMARTS) is 1. The number of nitrogens with zero attached hydrogens (tertiary/aromatic N) is 2. The van der Waals surface area contributed by atoms with Gasteiger partial charge in [-0.3, -0.25) is 4.68 Å². The molecule has 9 heteroatoms. The SMILES string of the molecule is CC(C)n1ncc(C(=O)O)c1C(F)(F)C(F)(F)F. The van der Waals surface area contributed by atoms with E-state index in [-0.39, 0.29) is 0 Å². The summed E-state index contributed by atoms with van der Waals surface area (Å²) in [5.74, 6) is -7.16. The van der Waals surface area contributed by atoms with E-state index in [2.05, 4.69) is 5.10 Å². The molecule has 1 rings (SSSR count). The Morgan fingerprint density at radius 2 is 1.83 bits per heavy atom. The van der Waals surface area contributed by atoms with E-state index in [0.717, 1.165) is 0 Å². The number of hydrogen-bond donors (Lipinski definition) is 1. The van der Waals surface area contributed by atoms with Crippen molar-refractivity contribution in [3.05, 3.63) is 17.5 Å². The minimum atomic E-state index is -5.89. The van der Waals surface area contributed by atoms with E-state index in [1.165, 1.54) is 13.8 Å². The molecule has 0 aliphatic rings. The average Bonchev–Trinajstić information content (AvgIpc) is 2.59. The standard InChI is InChI=1S/C9H9F5N2O2/c1-4(2)16-6(5(3-15-16)7(17)18)8(10,11)9(12,13)14/h3-4H,1-2H3,(H,17,18). The molecule has 0 bridgehead atoms. The zero-order valence-electron chi connectivity index (χ0n) is 9.29. The van der Waals surface area contributed by atoms with Crippen LogP contribution in [0.15, 0.2) is 6.20 Å². The molecule has 0 atom stereocenters. The quantitative estimate of drug-likeness (QED) is 0.861. The molecule has 0 amide bonds. The van der Waals surface area contributed by atoms with Crippen molar-refractivity contribution in [2.24, 2.45) is 0 Å². The van der Waals surface area contributed by atoms with Gasteiger partial charge in [-0.1, -0.05) is 0 Å². The summed E-state index contributed by atoms with van der Waals surface area (Å²) < 4.78 is 63.8. The predicted octanol–water partition coefficient (Wildman–Crippen LogP) is 2.82. The van der Waals surface area contributed by atoms with E-state index in [9.17, 15) is 26.7 Å². The maximum atomic E-state index is 13.3. The highest BCUT2D eigenvalue weighted by atomic mass is 19.4. The smallest absolute Gasteiger partial charge is 0.459 e. The van der Waals surface area contributed by atoms with Crippen LogP contribution in [0.5, 0.6) is 0 Å². The van der Waals surface area contributed by atoms with Crippen LogP contribution in [0.1, 0.15) is 35.9 Å². The monoisotopic (exact) mass is 272 g/mol. The molecular formula is C9H9F5N2O2. The van der Waals surface area contributed by atoms with Crippen LogP contribution in [-0.2, 0) is 5.92 Å². The highest BCUT2D eigenvalue weighted by Crippen LogP contribution is 2.45. The molecular weight excluding hydrogens is 263 g/mol. The van der Waals surface area contributed by atoms with Gasteiger partial charge >= 0.3 is 18.1 Å². The molecule has 0 spiro atoms. The second-order valence-corrected chi connectivity index (χ2v) is 3.82. The van der Waals surface area contributed by atoms with Gasteiger partial charge in [0.15, 0.2) is 0 Å². The maximum absolute atomic E-state index is 13.3. The summed E-state index contributed by atoms with van der Waals surface area (Å²) in [6.45, 7) is 2.63. The summed E-state index contributed by atoms with van der Waals surface area (Å²) in [6, 6.07) is -0.832. The third-order valence-electron chi connectivity index (χ3n) is 2.17. The largest absolute Gasteiger partial charge is 0.478 e. The van der Waals surface area contributed by atoms with Gasteiger partial charge in [0.05, 0.1) is 6.20 Å². The Kier molecular flexibility index (Phi) is 3.37. The summed E-state index contributed by atoms with van der Waals surface area (Å²) in [5, 5.41) is 11.9. The average molecular weight is 272 g/mol. The first-order chi connectivity index (χ1) is 8.00. The van der Waals surface area contributed by atoms with Gasteiger partial charge in [-0.25, -0.2) is 4.79 Å². The first-order valence-corrected chi connectivity index (χ1v) is 4.76. The van der Waals surface area contributed by atoms with E-state index >= 15 is 0 Å². The molecule has 0 fully saturated rings. The number of aromatic nitrogens is 2. The lowest BCUT2D eigenvalue weighted by atomic mass is 10.1. The Bertz CT molecular complexity index is 464. The molecule has 0 radical (unpaired) electrons. The molecule has 0 aromatic carbocycles. The highest BCUT2D eigenvalue weighted by Gasteiger charge is 2.62. The van der Waals surface area contributed by atoms with Crippen LogP contribution in [0.2, 0.25) is 0 Å². The van der Waals surface area contributed by atoms with Crippen molar-refractivity contribution in [3.8, 4) is 0 Å². The van der Waals surface area contributed by atoms with Gasteiger partial charge in [-0.05, 0) is 13.8 Å². The number of halogens is 5. The maximum Gasteiger partial charge on any atom is 0.459 e. The van der Waals surface area contributed by atoms with E-state index in [1.807, 2.05) is 0 Å². The molecule has 0 aliphatic carbocycles. The minimum absolute atomic E-state index is 0.358. The minimum Gasteiger partial charge on any atom is -0.478 e. The Balaban J connectivity index is 3.55. The lowest BCUT2D eigenvalue weighted by molar-refractivity contribution is -0.292. The van der Waals surface area contributed by atoms with Gasteiger partial charge < -0.3 is 5.11 Å². The van der Waals surface area contributed by atoms with Crippen molar-refractivity contribution in [1.29, 1.82) is 0 Å². The lowest BCUT2D eigenvalue weighted by Gasteiger charge is -2.22. The van der Waals surface area contributed by atoms with Crippen molar-refractivity contribution in [2.45, 2.75) is 32.0 Å². The van der Waals surface area contributed by atoms with Crippen molar-refractivity contribution < 1.29 is 31.9 Å². The van der Waals surface area contributed by atoms with E-state index < -0.39 is 35.4 Å². The Morgan fingerprint density at radius 1 is 1.33 bits per heavy atom. The van der Waals surface area contributed by atoms with Gasteiger partial charge in [-0.15, -0.1) is 0 Å². The number of hydrogen-bond acceptors (Lipinski definition) is 2. The second-order valence-electron chi connectivity index (χ2n) is 3.82. The number of aromatic carboxylic acids is 1. The van der Waals surface area contributed by atoms with E-state index in [4.69, 9.17) is 5.11 Å². The van der Waals surface area contributed by atoms with Crippen LogP contribution in [-0.4, -0.2) is 27.0 Å². The predicted molar refractivity (Wildman–Crippen MR) is 49.5 cm³/mol. The number of carboxylic acids is 1. The normalized spacial score (nSPS) is 13.1. The van der Waals surface area contributed by atoms with Crippen LogP contribution in [0.25, 0.3) is 0 Å². The van der Waals surface area contributed by atoms with Crippen molar-refractivity contribution in [2.75, 3.05) is 0 Å². The van der Waals surface area contributed by atoms with Gasteiger partial charge in [0.1, 0.15) is 11.3 Å². The molecule has 18 heavy (non-hydrogen) atoms. The van der Waals surface area contributed by atoms with Gasteiger partial charge in [0.25, 0.3) is 0 Å². The topological polar surface area (TPSA) is 55.1 Å². The fourth-order valence-electron chi connectivity index (χ4n) is 1.36. The fourth-order valence-corrected chi connectivity index (χ4v) is 1.36. The zero-order valence-corrected chi connectivity index (χ0v) is 9.29. The first-order valence-electron chi connectivity index (χ1n) is 4.76. The molecule has 1 heterocycles. The summed E-state index contributed by atoms with van der Waals surface area (Å²) in [5.41, 5.74) is -2.82. The van der Waals surface area contributed by atoms with Crippen LogP contribution in [0, 0.1) is 0 Å². The van der Waals surface area contributed by atoms with Gasteiger partial charge in [0, 0.05) is 6.04 Å². The molecule has 0 saturated heterocycles. The second kappa shape index (κ2) is 4.21.